The number of benzene rings is 2. The molecular weight excluding hydrogens is 288 g/mol. The molecule has 0 aliphatic heterocycles. The zero-order valence-electron chi connectivity index (χ0n) is 17.0. The molecule has 0 unspecified atom stereocenters. The van der Waals surface area contributed by atoms with Crippen molar-refractivity contribution in [2.75, 3.05) is 0 Å². The molecule has 0 bridgehead atoms. The second kappa shape index (κ2) is 6.06. The highest BCUT2D eigenvalue weighted by molar-refractivity contribution is 5.67. The van der Waals surface area contributed by atoms with Crippen molar-refractivity contribution in [2.24, 2.45) is 0 Å². The maximum atomic E-state index is 2.39. The van der Waals surface area contributed by atoms with Gasteiger partial charge < -0.3 is 0 Å². The Kier molecular flexibility index (Phi) is 4.74. The Morgan fingerprint density at radius 3 is 1.29 bits per heavy atom. The fourth-order valence-electron chi connectivity index (χ4n) is 2.83. The van der Waals surface area contributed by atoms with Crippen molar-refractivity contribution in [2.45, 2.75) is 78.6 Å². The van der Waals surface area contributed by atoms with Crippen LogP contribution >= 0.6 is 0 Å². The molecule has 0 heterocycles. The van der Waals surface area contributed by atoms with Gasteiger partial charge in [0.15, 0.2) is 0 Å². The summed E-state index contributed by atoms with van der Waals surface area (Å²) in [6.45, 7) is 20.6. The maximum Gasteiger partial charge on any atom is -0.0132 e. The zero-order chi connectivity index (χ0) is 18.3. The van der Waals surface area contributed by atoms with Gasteiger partial charge in [-0.1, -0.05) is 105 Å². The molecule has 0 heteroatoms. The van der Waals surface area contributed by atoms with E-state index in [9.17, 15) is 0 Å². The van der Waals surface area contributed by atoms with Crippen molar-refractivity contribution in [1.82, 2.24) is 0 Å². The lowest BCUT2D eigenvalue weighted by molar-refractivity contribution is 0.569. The minimum absolute atomic E-state index is 0.150. The van der Waals surface area contributed by atoms with Crippen LogP contribution in [0.2, 0.25) is 0 Å². The molecule has 0 saturated carbocycles. The molecule has 0 spiro atoms. The third-order valence-electron chi connectivity index (χ3n) is 4.73. The standard InChI is InChI=1S/C24H34/c1-22(2,3)19-12-10-11-17(13-19)18-14-20(23(4,5)6)16-21(15-18)24(7,8)9/h10-16H,1-9H3. The molecule has 0 nitrogen and oxygen atoms in total. The van der Waals surface area contributed by atoms with E-state index in [2.05, 4.69) is 105 Å². The van der Waals surface area contributed by atoms with Gasteiger partial charge >= 0.3 is 0 Å². The van der Waals surface area contributed by atoms with Crippen molar-refractivity contribution in [3.05, 3.63) is 59.2 Å². The van der Waals surface area contributed by atoms with E-state index in [4.69, 9.17) is 0 Å². The summed E-state index contributed by atoms with van der Waals surface area (Å²) in [6, 6.07) is 16.2. The molecule has 2 aromatic rings. The molecule has 0 radical (unpaired) electrons. The van der Waals surface area contributed by atoms with E-state index in [-0.39, 0.29) is 16.2 Å². The van der Waals surface area contributed by atoms with Crippen LogP contribution in [0, 0.1) is 0 Å². The Bertz CT molecular complexity index is 681. The molecule has 0 fully saturated rings. The van der Waals surface area contributed by atoms with E-state index in [1.807, 2.05) is 0 Å². The third-order valence-corrected chi connectivity index (χ3v) is 4.73. The van der Waals surface area contributed by atoms with Gasteiger partial charge in [-0.2, -0.15) is 0 Å². The van der Waals surface area contributed by atoms with Gasteiger partial charge in [-0.3, -0.25) is 0 Å². The fraction of sp³-hybridized carbons (Fsp3) is 0.500. The van der Waals surface area contributed by atoms with Gasteiger partial charge in [-0.15, -0.1) is 0 Å². The van der Waals surface area contributed by atoms with Gasteiger partial charge in [0.05, 0.1) is 0 Å². The minimum Gasteiger partial charge on any atom is -0.0614 e. The summed E-state index contributed by atoms with van der Waals surface area (Å²) in [5.74, 6) is 0. The lowest BCUT2D eigenvalue weighted by Gasteiger charge is -2.27. The maximum absolute atomic E-state index is 2.39. The molecule has 0 saturated heterocycles. The van der Waals surface area contributed by atoms with Gasteiger partial charge in [0.2, 0.25) is 0 Å². The first kappa shape index (κ1) is 18.8. The second-order valence-electron chi connectivity index (χ2n) is 10.1. The van der Waals surface area contributed by atoms with Gasteiger partial charge in [-0.05, 0) is 44.1 Å². The van der Waals surface area contributed by atoms with Crippen LogP contribution in [-0.4, -0.2) is 0 Å². The van der Waals surface area contributed by atoms with E-state index in [0.29, 0.717) is 0 Å². The first-order valence-corrected chi connectivity index (χ1v) is 9.05. The Balaban J connectivity index is 2.66. The fourth-order valence-corrected chi connectivity index (χ4v) is 2.83. The minimum atomic E-state index is 0.150. The number of hydrogen-bond donors (Lipinski definition) is 0. The average Bonchev–Trinajstić information content (AvgIpc) is 2.44. The summed E-state index contributed by atoms with van der Waals surface area (Å²) in [7, 11) is 0. The van der Waals surface area contributed by atoms with Crippen molar-refractivity contribution in [1.29, 1.82) is 0 Å². The Hall–Kier alpha value is -1.56. The molecule has 0 aromatic heterocycles. The van der Waals surface area contributed by atoms with Crippen LogP contribution in [0.5, 0.6) is 0 Å². The Labute approximate surface area is 149 Å². The molecule has 0 amide bonds. The smallest absolute Gasteiger partial charge is 0.0132 e. The van der Waals surface area contributed by atoms with Crippen LogP contribution in [0.3, 0.4) is 0 Å². The van der Waals surface area contributed by atoms with E-state index in [1.54, 1.807) is 0 Å². The summed E-state index contributed by atoms with van der Waals surface area (Å²) >= 11 is 0. The highest BCUT2D eigenvalue weighted by Crippen LogP contribution is 2.35. The van der Waals surface area contributed by atoms with Crippen LogP contribution in [0.1, 0.15) is 79.0 Å². The molecule has 130 valence electrons. The predicted octanol–water partition coefficient (Wildman–Crippen LogP) is 7.25. The zero-order valence-corrected chi connectivity index (χ0v) is 17.0. The first-order valence-electron chi connectivity index (χ1n) is 9.05. The van der Waals surface area contributed by atoms with Crippen LogP contribution in [0.25, 0.3) is 11.1 Å². The van der Waals surface area contributed by atoms with Crippen LogP contribution in [0.4, 0.5) is 0 Å². The molecule has 24 heavy (non-hydrogen) atoms. The number of rotatable bonds is 1. The number of hydrogen-bond acceptors (Lipinski definition) is 0. The van der Waals surface area contributed by atoms with Crippen LogP contribution in [0.15, 0.2) is 42.5 Å². The summed E-state index contributed by atoms with van der Waals surface area (Å²) in [5.41, 5.74) is 7.33. The second-order valence-corrected chi connectivity index (χ2v) is 10.1. The molecule has 2 aromatic carbocycles. The summed E-state index contributed by atoms with van der Waals surface area (Å²) in [5, 5.41) is 0. The van der Waals surface area contributed by atoms with Gasteiger partial charge in [0.1, 0.15) is 0 Å². The summed E-state index contributed by atoms with van der Waals surface area (Å²) < 4.78 is 0. The van der Waals surface area contributed by atoms with Crippen LogP contribution < -0.4 is 0 Å². The molecule has 2 rings (SSSR count). The molecule has 0 atom stereocenters. The van der Waals surface area contributed by atoms with Crippen molar-refractivity contribution < 1.29 is 0 Å². The van der Waals surface area contributed by atoms with Gasteiger partial charge in [-0.25, -0.2) is 0 Å². The molecule has 0 aliphatic rings. The van der Waals surface area contributed by atoms with Crippen molar-refractivity contribution in [3.8, 4) is 11.1 Å². The van der Waals surface area contributed by atoms with Crippen molar-refractivity contribution >= 4 is 0 Å². The topological polar surface area (TPSA) is 0 Å². The van der Waals surface area contributed by atoms with E-state index in [0.717, 1.165) is 0 Å². The lowest BCUT2D eigenvalue weighted by atomic mass is 9.78. The van der Waals surface area contributed by atoms with E-state index >= 15 is 0 Å². The SMILES string of the molecule is CC(C)(C)c1cccc(-c2cc(C(C)(C)C)cc(C(C)(C)C)c2)c1. The lowest BCUT2D eigenvalue weighted by Crippen LogP contribution is -2.16. The Morgan fingerprint density at radius 2 is 0.875 bits per heavy atom. The first-order chi connectivity index (χ1) is 10.8. The molecule has 0 N–H and O–H groups in total. The highest BCUT2D eigenvalue weighted by atomic mass is 14.3. The normalized spacial score (nSPS) is 13.2. The molecular formula is C24H34. The Morgan fingerprint density at radius 1 is 0.458 bits per heavy atom. The summed E-state index contributed by atoms with van der Waals surface area (Å²) in [6.07, 6.45) is 0. The van der Waals surface area contributed by atoms with Gasteiger partial charge in [0, 0.05) is 0 Å². The monoisotopic (exact) mass is 322 g/mol. The molecule has 0 aliphatic carbocycles. The van der Waals surface area contributed by atoms with Gasteiger partial charge in [0.25, 0.3) is 0 Å². The largest absolute Gasteiger partial charge is 0.0614 e. The van der Waals surface area contributed by atoms with Crippen LogP contribution in [-0.2, 0) is 16.2 Å². The van der Waals surface area contributed by atoms with E-state index in [1.165, 1.54) is 27.8 Å². The third kappa shape index (κ3) is 4.29. The van der Waals surface area contributed by atoms with E-state index < -0.39 is 0 Å². The average molecular weight is 323 g/mol. The summed E-state index contributed by atoms with van der Waals surface area (Å²) in [4.78, 5) is 0. The predicted molar refractivity (Wildman–Crippen MR) is 108 cm³/mol. The quantitative estimate of drug-likeness (QED) is 0.519. The van der Waals surface area contributed by atoms with Crippen molar-refractivity contribution in [3.63, 3.8) is 0 Å². The highest BCUT2D eigenvalue weighted by Gasteiger charge is 2.21.